The molecule has 1 saturated carbocycles. The van der Waals surface area contributed by atoms with E-state index in [0.29, 0.717) is 30.9 Å². The van der Waals surface area contributed by atoms with Gasteiger partial charge < -0.3 is 14.7 Å². The van der Waals surface area contributed by atoms with Crippen LogP contribution in [0, 0.1) is 5.92 Å². The second-order valence-electron chi connectivity index (χ2n) is 5.02. The van der Waals surface area contributed by atoms with E-state index in [1.54, 1.807) is 11.9 Å². The van der Waals surface area contributed by atoms with Gasteiger partial charge in [0, 0.05) is 19.3 Å². The molecule has 0 bridgehead atoms. The highest BCUT2D eigenvalue weighted by Gasteiger charge is 2.38. The number of carbonyl (C=O) groups excluding carboxylic acids is 1. The first kappa shape index (κ1) is 15.6. The molecule has 114 valence electrons. The first-order valence-electron chi connectivity index (χ1n) is 6.72. The van der Waals surface area contributed by atoms with Crippen LogP contribution >= 0.6 is 11.6 Å². The summed E-state index contributed by atoms with van der Waals surface area (Å²) in [6.07, 6.45) is 2.38. The Morgan fingerprint density at radius 3 is 2.71 bits per heavy atom. The van der Waals surface area contributed by atoms with Gasteiger partial charge in [0.15, 0.2) is 0 Å². The molecule has 1 N–H and O–H groups in total. The molecule has 1 aromatic rings. The zero-order valence-electron chi connectivity index (χ0n) is 11.9. The number of ether oxygens (including phenoxy) is 1. The number of rotatable bonds is 5. The molecule has 1 fully saturated rings. The maximum absolute atomic E-state index is 12.3. The molecule has 1 heterocycles. The molecule has 0 unspecified atom stereocenters. The summed E-state index contributed by atoms with van der Waals surface area (Å²) in [6, 6.07) is 1.47. The quantitative estimate of drug-likeness (QED) is 0.900. The summed E-state index contributed by atoms with van der Waals surface area (Å²) in [5, 5.41) is 9.15. The molecule has 1 aliphatic rings. The van der Waals surface area contributed by atoms with Crippen molar-refractivity contribution in [2.45, 2.75) is 25.8 Å². The molecule has 2 rings (SSSR count). The Kier molecular flexibility index (Phi) is 4.67. The summed E-state index contributed by atoms with van der Waals surface area (Å²) in [6.45, 7) is 2.26. The van der Waals surface area contributed by atoms with Gasteiger partial charge in [-0.05, 0) is 25.8 Å². The molecular formula is C14H17ClN2O4. The van der Waals surface area contributed by atoms with Crippen molar-refractivity contribution in [3.05, 3.63) is 22.8 Å². The molecule has 1 aromatic heterocycles. The number of amides is 1. The van der Waals surface area contributed by atoms with E-state index in [2.05, 4.69) is 4.98 Å². The lowest BCUT2D eigenvalue weighted by atomic mass is 9.79. The zero-order chi connectivity index (χ0) is 15.6. The fraction of sp³-hybridized carbons (Fsp3) is 0.500. The smallest absolute Gasteiger partial charge is 0.306 e. The Morgan fingerprint density at radius 1 is 1.52 bits per heavy atom. The largest absolute Gasteiger partial charge is 0.481 e. The molecular weight excluding hydrogens is 296 g/mol. The van der Waals surface area contributed by atoms with Crippen molar-refractivity contribution in [1.82, 2.24) is 9.88 Å². The highest BCUT2D eigenvalue weighted by atomic mass is 35.5. The molecule has 7 heteroatoms. The summed E-state index contributed by atoms with van der Waals surface area (Å²) >= 11 is 6.01. The van der Waals surface area contributed by atoms with Gasteiger partial charge >= 0.3 is 5.97 Å². The number of pyridine rings is 1. The van der Waals surface area contributed by atoms with Gasteiger partial charge in [-0.15, -0.1) is 0 Å². The predicted molar refractivity (Wildman–Crippen MR) is 76.7 cm³/mol. The molecule has 0 aliphatic heterocycles. The summed E-state index contributed by atoms with van der Waals surface area (Å²) in [5.41, 5.74) is 0.365. The van der Waals surface area contributed by atoms with E-state index in [4.69, 9.17) is 21.4 Å². The topological polar surface area (TPSA) is 79.7 Å². The molecule has 6 nitrogen and oxygen atoms in total. The SMILES string of the molecule is CCOc1ncc(C(=O)N(C)C2CC(C(=O)O)C2)cc1Cl. The second kappa shape index (κ2) is 6.30. The Bertz CT molecular complexity index is 558. The molecule has 1 amide bonds. The van der Waals surface area contributed by atoms with Crippen LogP contribution in [0.4, 0.5) is 0 Å². The van der Waals surface area contributed by atoms with Crippen molar-refractivity contribution in [2.75, 3.05) is 13.7 Å². The lowest BCUT2D eigenvalue weighted by Gasteiger charge is -2.39. The molecule has 0 radical (unpaired) electrons. The third-order valence-electron chi connectivity index (χ3n) is 3.67. The van der Waals surface area contributed by atoms with Gasteiger partial charge in [-0.25, -0.2) is 4.98 Å². The fourth-order valence-corrected chi connectivity index (χ4v) is 2.48. The van der Waals surface area contributed by atoms with Crippen LogP contribution in [0.1, 0.15) is 30.1 Å². The third kappa shape index (κ3) is 3.26. The molecule has 1 aliphatic carbocycles. The van der Waals surface area contributed by atoms with E-state index < -0.39 is 5.97 Å². The molecule has 0 aromatic carbocycles. The molecule has 0 spiro atoms. The van der Waals surface area contributed by atoms with E-state index in [9.17, 15) is 9.59 Å². The summed E-state index contributed by atoms with van der Waals surface area (Å²) < 4.78 is 5.22. The Hall–Kier alpha value is -1.82. The van der Waals surface area contributed by atoms with Crippen molar-refractivity contribution in [3.8, 4) is 5.88 Å². The predicted octanol–water partition coefficient (Wildman–Crippen LogP) is 2.07. The van der Waals surface area contributed by atoms with Crippen LogP contribution < -0.4 is 4.74 Å². The van der Waals surface area contributed by atoms with Gasteiger partial charge in [0.25, 0.3) is 5.91 Å². The van der Waals surface area contributed by atoms with Crippen LogP contribution in [0.3, 0.4) is 0 Å². The summed E-state index contributed by atoms with van der Waals surface area (Å²) in [7, 11) is 1.66. The Labute approximate surface area is 127 Å². The van der Waals surface area contributed by atoms with Crippen LogP contribution in [0.25, 0.3) is 0 Å². The average Bonchev–Trinajstić information content (AvgIpc) is 2.38. The van der Waals surface area contributed by atoms with Gasteiger partial charge in [-0.2, -0.15) is 0 Å². The number of halogens is 1. The van der Waals surface area contributed by atoms with E-state index in [1.807, 2.05) is 6.92 Å². The number of aromatic nitrogens is 1. The maximum atomic E-state index is 12.3. The molecule has 21 heavy (non-hydrogen) atoms. The first-order valence-corrected chi connectivity index (χ1v) is 7.10. The number of aliphatic carboxylic acids is 1. The minimum atomic E-state index is -0.808. The average molecular weight is 313 g/mol. The van der Waals surface area contributed by atoms with Gasteiger partial charge in [-0.3, -0.25) is 9.59 Å². The zero-order valence-corrected chi connectivity index (χ0v) is 12.6. The minimum absolute atomic E-state index is 0.0519. The first-order chi connectivity index (χ1) is 9.93. The highest BCUT2D eigenvalue weighted by molar-refractivity contribution is 6.32. The van der Waals surface area contributed by atoms with E-state index in [0.717, 1.165) is 0 Å². The van der Waals surface area contributed by atoms with Crippen molar-refractivity contribution >= 4 is 23.5 Å². The monoisotopic (exact) mass is 312 g/mol. The molecule has 0 saturated heterocycles. The lowest BCUT2D eigenvalue weighted by Crippen LogP contribution is -2.47. The third-order valence-corrected chi connectivity index (χ3v) is 3.94. The number of hydrogen-bond acceptors (Lipinski definition) is 4. The van der Waals surface area contributed by atoms with Crippen LogP contribution in [0.2, 0.25) is 5.02 Å². The number of carboxylic acid groups (broad SMARTS) is 1. The van der Waals surface area contributed by atoms with Gasteiger partial charge in [0.1, 0.15) is 5.02 Å². The maximum Gasteiger partial charge on any atom is 0.306 e. The lowest BCUT2D eigenvalue weighted by molar-refractivity contribution is -0.146. The highest BCUT2D eigenvalue weighted by Crippen LogP contribution is 2.32. The van der Waals surface area contributed by atoms with Crippen molar-refractivity contribution in [2.24, 2.45) is 5.92 Å². The number of carboxylic acids is 1. The molecule has 0 atom stereocenters. The normalized spacial score (nSPS) is 20.5. The van der Waals surface area contributed by atoms with Gasteiger partial charge in [-0.1, -0.05) is 11.6 Å². The van der Waals surface area contributed by atoms with Crippen LogP contribution in [0.15, 0.2) is 12.3 Å². The van der Waals surface area contributed by atoms with E-state index in [1.165, 1.54) is 12.3 Å². The second-order valence-corrected chi connectivity index (χ2v) is 5.43. The van der Waals surface area contributed by atoms with Gasteiger partial charge in [0.2, 0.25) is 5.88 Å². The van der Waals surface area contributed by atoms with Crippen molar-refractivity contribution < 1.29 is 19.4 Å². The Balaban J connectivity index is 2.03. The number of hydrogen-bond donors (Lipinski definition) is 1. The number of carbonyl (C=O) groups is 2. The van der Waals surface area contributed by atoms with Crippen LogP contribution in [-0.2, 0) is 4.79 Å². The number of nitrogens with zero attached hydrogens (tertiary/aromatic N) is 2. The summed E-state index contributed by atoms with van der Waals surface area (Å²) in [5.74, 6) is -1.08. The summed E-state index contributed by atoms with van der Waals surface area (Å²) in [4.78, 5) is 28.7. The van der Waals surface area contributed by atoms with Crippen molar-refractivity contribution in [3.63, 3.8) is 0 Å². The standard InChI is InChI=1S/C14H17ClN2O4/c1-3-21-12-11(15)6-9(7-16-12)13(18)17(2)10-4-8(5-10)14(19)20/h6-8,10H,3-5H2,1-2H3,(H,19,20). The van der Waals surface area contributed by atoms with E-state index >= 15 is 0 Å². The van der Waals surface area contributed by atoms with Crippen molar-refractivity contribution in [1.29, 1.82) is 0 Å². The Morgan fingerprint density at radius 2 is 2.19 bits per heavy atom. The fourth-order valence-electron chi connectivity index (χ4n) is 2.26. The van der Waals surface area contributed by atoms with Crippen LogP contribution in [-0.4, -0.2) is 46.6 Å². The minimum Gasteiger partial charge on any atom is -0.481 e. The van der Waals surface area contributed by atoms with Crippen LogP contribution in [0.5, 0.6) is 5.88 Å². The van der Waals surface area contributed by atoms with E-state index in [-0.39, 0.29) is 22.9 Å². The van der Waals surface area contributed by atoms with Gasteiger partial charge in [0.05, 0.1) is 18.1 Å².